The van der Waals surface area contributed by atoms with Crippen LogP contribution in [0.5, 0.6) is 0 Å². The first-order valence-corrected chi connectivity index (χ1v) is 8.16. The standard InChI is InChI=1S/C15H25N3O3/c19-14(20)11-18(12-4-5-12)15(21)17-9-6-13(10-17)16-7-2-1-3-8-16/h12-13H,1-11H2,(H,19,20). The molecular formula is C15H25N3O3. The highest BCUT2D eigenvalue weighted by atomic mass is 16.4. The summed E-state index contributed by atoms with van der Waals surface area (Å²) in [7, 11) is 0. The summed E-state index contributed by atoms with van der Waals surface area (Å²) < 4.78 is 0. The fourth-order valence-corrected chi connectivity index (χ4v) is 3.56. The van der Waals surface area contributed by atoms with Crippen LogP contribution in [0.15, 0.2) is 0 Å². The summed E-state index contributed by atoms with van der Waals surface area (Å²) in [5.74, 6) is -0.915. The van der Waals surface area contributed by atoms with Crippen LogP contribution >= 0.6 is 0 Å². The van der Waals surface area contributed by atoms with Crippen LogP contribution in [-0.2, 0) is 4.79 Å². The van der Waals surface area contributed by atoms with E-state index in [-0.39, 0.29) is 18.6 Å². The van der Waals surface area contributed by atoms with Gasteiger partial charge in [-0.25, -0.2) is 4.79 Å². The predicted molar refractivity (Wildman–Crippen MR) is 78.2 cm³/mol. The minimum absolute atomic E-state index is 0.0700. The molecule has 3 fully saturated rings. The van der Waals surface area contributed by atoms with E-state index in [4.69, 9.17) is 5.11 Å². The van der Waals surface area contributed by atoms with E-state index in [1.807, 2.05) is 4.90 Å². The minimum Gasteiger partial charge on any atom is -0.480 e. The number of carbonyl (C=O) groups excluding carboxylic acids is 1. The molecule has 2 saturated heterocycles. The minimum atomic E-state index is -0.915. The highest BCUT2D eigenvalue weighted by Crippen LogP contribution is 2.29. The maximum atomic E-state index is 12.6. The molecule has 3 rings (SSSR count). The summed E-state index contributed by atoms with van der Waals surface area (Å²) in [6, 6.07) is 0.558. The lowest BCUT2D eigenvalue weighted by Crippen LogP contribution is -2.47. The lowest BCUT2D eigenvalue weighted by molar-refractivity contribution is -0.137. The molecule has 1 saturated carbocycles. The maximum absolute atomic E-state index is 12.6. The van der Waals surface area contributed by atoms with Gasteiger partial charge in [-0.2, -0.15) is 0 Å². The normalized spacial score (nSPS) is 26.9. The van der Waals surface area contributed by atoms with Crippen molar-refractivity contribution < 1.29 is 14.7 Å². The monoisotopic (exact) mass is 295 g/mol. The van der Waals surface area contributed by atoms with Gasteiger partial charge in [0.05, 0.1) is 0 Å². The quantitative estimate of drug-likeness (QED) is 0.847. The van der Waals surface area contributed by atoms with Gasteiger partial charge in [-0.1, -0.05) is 6.42 Å². The third kappa shape index (κ3) is 3.48. The number of carboxylic acid groups (broad SMARTS) is 1. The Bertz CT molecular complexity index is 405. The Morgan fingerprint density at radius 3 is 2.38 bits per heavy atom. The van der Waals surface area contributed by atoms with E-state index < -0.39 is 5.97 Å². The molecule has 2 amide bonds. The van der Waals surface area contributed by atoms with Crippen LogP contribution in [0.2, 0.25) is 0 Å². The van der Waals surface area contributed by atoms with Crippen LogP contribution in [0.3, 0.4) is 0 Å². The molecule has 2 aliphatic heterocycles. The molecule has 6 nitrogen and oxygen atoms in total. The Kier molecular flexibility index (Phi) is 4.33. The van der Waals surface area contributed by atoms with Gasteiger partial charge in [0.15, 0.2) is 0 Å². The van der Waals surface area contributed by atoms with E-state index in [1.54, 1.807) is 4.90 Å². The lowest BCUT2D eigenvalue weighted by atomic mass is 10.1. The predicted octanol–water partition coefficient (Wildman–Crippen LogP) is 1.22. The summed E-state index contributed by atoms with van der Waals surface area (Å²) in [5.41, 5.74) is 0. The largest absolute Gasteiger partial charge is 0.480 e. The smallest absolute Gasteiger partial charge is 0.323 e. The van der Waals surface area contributed by atoms with Crippen LogP contribution < -0.4 is 0 Å². The number of piperidine rings is 1. The third-order valence-corrected chi connectivity index (χ3v) is 4.88. The van der Waals surface area contributed by atoms with Crippen LogP contribution in [0.1, 0.15) is 38.5 Å². The first kappa shape index (κ1) is 14.6. The van der Waals surface area contributed by atoms with Crippen LogP contribution in [0.4, 0.5) is 4.79 Å². The molecule has 0 aromatic rings. The van der Waals surface area contributed by atoms with E-state index in [0.29, 0.717) is 6.04 Å². The van der Waals surface area contributed by atoms with Crippen molar-refractivity contribution in [1.29, 1.82) is 0 Å². The molecule has 1 unspecified atom stereocenters. The number of aliphatic carboxylic acids is 1. The van der Waals surface area contributed by atoms with Crippen LogP contribution in [0.25, 0.3) is 0 Å². The van der Waals surface area contributed by atoms with Gasteiger partial charge >= 0.3 is 12.0 Å². The summed E-state index contributed by atoms with van der Waals surface area (Å²) in [5, 5.41) is 8.99. The molecule has 6 heteroatoms. The lowest BCUT2D eigenvalue weighted by Gasteiger charge is -2.32. The molecule has 0 bridgehead atoms. The van der Waals surface area contributed by atoms with Gasteiger partial charge in [-0.15, -0.1) is 0 Å². The molecule has 0 spiro atoms. The molecule has 3 aliphatic rings. The van der Waals surface area contributed by atoms with Crippen molar-refractivity contribution in [3.63, 3.8) is 0 Å². The van der Waals surface area contributed by atoms with Gasteiger partial charge in [0, 0.05) is 25.2 Å². The number of urea groups is 1. The Morgan fingerprint density at radius 2 is 1.76 bits per heavy atom. The number of hydrogen-bond acceptors (Lipinski definition) is 3. The summed E-state index contributed by atoms with van der Waals surface area (Å²) in [6.07, 6.45) is 6.76. The zero-order chi connectivity index (χ0) is 14.8. The van der Waals surface area contributed by atoms with Crippen molar-refractivity contribution in [1.82, 2.24) is 14.7 Å². The highest BCUT2D eigenvalue weighted by molar-refractivity contribution is 5.81. The van der Waals surface area contributed by atoms with Crippen molar-refractivity contribution in [2.24, 2.45) is 0 Å². The number of nitrogens with zero attached hydrogens (tertiary/aromatic N) is 3. The van der Waals surface area contributed by atoms with Crippen molar-refractivity contribution in [2.45, 2.75) is 50.6 Å². The van der Waals surface area contributed by atoms with Crippen LogP contribution in [-0.4, -0.2) is 76.6 Å². The van der Waals surface area contributed by atoms with E-state index in [1.165, 1.54) is 19.3 Å². The Morgan fingerprint density at radius 1 is 1.05 bits per heavy atom. The molecule has 0 aromatic carbocycles. The van der Waals surface area contributed by atoms with E-state index in [0.717, 1.165) is 45.4 Å². The summed E-state index contributed by atoms with van der Waals surface area (Å²) in [6.45, 7) is 3.67. The zero-order valence-electron chi connectivity index (χ0n) is 12.5. The number of amides is 2. The van der Waals surface area contributed by atoms with Gasteiger partial charge < -0.3 is 14.9 Å². The van der Waals surface area contributed by atoms with Gasteiger partial charge in [0.1, 0.15) is 6.54 Å². The SMILES string of the molecule is O=C(O)CN(C(=O)N1CCC(N2CCCCC2)C1)C1CC1. The number of hydrogen-bond donors (Lipinski definition) is 1. The molecule has 1 atom stereocenters. The second-order valence-electron chi connectivity index (χ2n) is 6.52. The number of likely N-dealkylation sites (tertiary alicyclic amines) is 2. The molecule has 2 heterocycles. The average molecular weight is 295 g/mol. The topological polar surface area (TPSA) is 64.1 Å². The highest BCUT2D eigenvalue weighted by Gasteiger charge is 2.39. The molecule has 1 aliphatic carbocycles. The van der Waals surface area contributed by atoms with Gasteiger partial charge in [-0.3, -0.25) is 9.69 Å². The maximum Gasteiger partial charge on any atom is 0.323 e. The second kappa shape index (κ2) is 6.22. The number of rotatable bonds is 4. The van der Waals surface area contributed by atoms with Crippen molar-refractivity contribution in [3.05, 3.63) is 0 Å². The molecule has 21 heavy (non-hydrogen) atoms. The van der Waals surface area contributed by atoms with E-state index in [2.05, 4.69) is 4.90 Å². The average Bonchev–Trinajstić information content (AvgIpc) is 3.21. The van der Waals surface area contributed by atoms with Gasteiger partial charge in [0.25, 0.3) is 0 Å². The summed E-state index contributed by atoms with van der Waals surface area (Å²) in [4.78, 5) is 29.4. The van der Waals surface area contributed by atoms with Crippen LogP contribution in [0, 0.1) is 0 Å². The van der Waals surface area contributed by atoms with Crippen molar-refractivity contribution in [3.8, 4) is 0 Å². The van der Waals surface area contributed by atoms with E-state index >= 15 is 0 Å². The van der Waals surface area contributed by atoms with Gasteiger partial charge in [-0.05, 0) is 45.2 Å². The Hall–Kier alpha value is -1.30. The molecule has 1 N–H and O–H groups in total. The summed E-state index contributed by atoms with van der Waals surface area (Å²) >= 11 is 0. The van der Waals surface area contributed by atoms with E-state index in [9.17, 15) is 9.59 Å². The Labute approximate surface area is 125 Å². The first-order valence-electron chi connectivity index (χ1n) is 8.16. The number of carbonyl (C=O) groups is 2. The van der Waals surface area contributed by atoms with Crippen molar-refractivity contribution >= 4 is 12.0 Å². The van der Waals surface area contributed by atoms with Gasteiger partial charge in [0.2, 0.25) is 0 Å². The molecule has 0 aromatic heterocycles. The first-order chi connectivity index (χ1) is 10.1. The fraction of sp³-hybridized carbons (Fsp3) is 0.867. The third-order valence-electron chi connectivity index (χ3n) is 4.88. The molecule has 0 radical (unpaired) electrons. The molecule has 118 valence electrons. The number of carboxylic acids is 1. The Balaban J connectivity index is 1.56. The fourth-order valence-electron chi connectivity index (χ4n) is 3.56. The molecular weight excluding hydrogens is 270 g/mol. The van der Waals surface area contributed by atoms with Crippen molar-refractivity contribution in [2.75, 3.05) is 32.7 Å². The zero-order valence-corrected chi connectivity index (χ0v) is 12.5. The second-order valence-corrected chi connectivity index (χ2v) is 6.52.